The maximum atomic E-state index is 11.8. The largest absolute Gasteiger partial charge is 0.295 e. The zero-order valence-electron chi connectivity index (χ0n) is 12.6. The van der Waals surface area contributed by atoms with Crippen molar-refractivity contribution >= 4 is 5.78 Å². The third-order valence-electron chi connectivity index (χ3n) is 2.94. The molecule has 0 saturated heterocycles. The van der Waals surface area contributed by atoms with Crippen LogP contribution < -0.4 is 0 Å². The van der Waals surface area contributed by atoms with Crippen molar-refractivity contribution in [3.05, 3.63) is 11.6 Å². The van der Waals surface area contributed by atoms with Gasteiger partial charge in [-0.3, -0.25) is 4.79 Å². The standard InChI is InChI=1S/C16H30O/c1-7-9-15(17)14(8-2)11-10-13(3)12-16(4,5)6/h11,13H,7-10,12H2,1-6H3. The molecule has 100 valence electrons. The molecule has 0 aromatic heterocycles. The molecule has 0 fully saturated rings. The summed E-state index contributed by atoms with van der Waals surface area (Å²) in [6.07, 6.45) is 6.95. The first-order valence-electron chi connectivity index (χ1n) is 7.02. The molecule has 0 saturated carbocycles. The van der Waals surface area contributed by atoms with Gasteiger partial charge in [-0.2, -0.15) is 0 Å². The van der Waals surface area contributed by atoms with Crippen molar-refractivity contribution in [3.63, 3.8) is 0 Å². The monoisotopic (exact) mass is 238 g/mol. The fourth-order valence-electron chi connectivity index (χ4n) is 2.32. The highest BCUT2D eigenvalue weighted by atomic mass is 16.1. The van der Waals surface area contributed by atoms with E-state index < -0.39 is 0 Å². The summed E-state index contributed by atoms with van der Waals surface area (Å²) in [5.41, 5.74) is 1.42. The second kappa shape index (κ2) is 7.68. The Bertz CT molecular complexity index is 255. The first kappa shape index (κ1) is 16.4. The molecule has 0 heterocycles. The second-order valence-corrected chi connectivity index (χ2v) is 6.36. The third-order valence-corrected chi connectivity index (χ3v) is 2.94. The summed E-state index contributed by atoms with van der Waals surface area (Å²) in [7, 11) is 0. The Labute approximate surface area is 108 Å². The predicted octanol–water partition coefficient (Wildman–Crippen LogP) is 5.15. The van der Waals surface area contributed by atoms with Gasteiger partial charge in [-0.05, 0) is 42.6 Å². The second-order valence-electron chi connectivity index (χ2n) is 6.36. The Morgan fingerprint density at radius 2 is 1.82 bits per heavy atom. The highest BCUT2D eigenvalue weighted by Crippen LogP contribution is 2.26. The zero-order chi connectivity index (χ0) is 13.5. The van der Waals surface area contributed by atoms with Crippen molar-refractivity contribution in [2.45, 2.75) is 73.6 Å². The van der Waals surface area contributed by atoms with Gasteiger partial charge < -0.3 is 0 Å². The van der Waals surface area contributed by atoms with Gasteiger partial charge in [0.05, 0.1) is 0 Å². The Balaban J connectivity index is 4.31. The number of allylic oxidation sites excluding steroid dienone is 2. The van der Waals surface area contributed by atoms with Crippen molar-refractivity contribution in [1.82, 2.24) is 0 Å². The smallest absolute Gasteiger partial charge is 0.158 e. The van der Waals surface area contributed by atoms with Crippen molar-refractivity contribution in [3.8, 4) is 0 Å². The summed E-state index contributed by atoms with van der Waals surface area (Å²) in [5.74, 6) is 1.00. The minimum absolute atomic E-state index is 0.345. The molecule has 0 aromatic rings. The van der Waals surface area contributed by atoms with Crippen LogP contribution in [0.5, 0.6) is 0 Å². The number of Topliss-reactive ketones (excluding diaryl/α,β-unsaturated/α-hetero) is 1. The average Bonchev–Trinajstić information content (AvgIpc) is 2.16. The molecular weight excluding hydrogens is 208 g/mol. The lowest BCUT2D eigenvalue weighted by molar-refractivity contribution is -0.115. The lowest BCUT2D eigenvalue weighted by Gasteiger charge is -2.22. The summed E-state index contributed by atoms with van der Waals surface area (Å²) in [4.78, 5) is 11.8. The molecule has 0 amide bonds. The van der Waals surface area contributed by atoms with Gasteiger partial charge in [-0.15, -0.1) is 0 Å². The molecule has 0 aliphatic heterocycles. The van der Waals surface area contributed by atoms with E-state index >= 15 is 0 Å². The van der Waals surface area contributed by atoms with Crippen LogP contribution in [0, 0.1) is 11.3 Å². The molecule has 0 N–H and O–H groups in total. The van der Waals surface area contributed by atoms with Gasteiger partial charge in [-0.1, -0.05) is 47.6 Å². The van der Waals surface area contributed by atoms with Gasteiger partial charge in [0.2, 0.25) is 0 Å². The molecule has 0 aromatic carbocycles. The first-order chi connectivity index (χ1) is 7.80. The molecule has 17 heavy (non-hydrogen) atoms. The summed E-state index contributed by atoms with van der Waals surface area (Å²) in [5, 5.41) is 0. The summed E-state index contributed by atoms with van der Waals surface area (Å²) < 4.78 is 0. The van der Waals surface area contributed by atoms with Gasteiger partial charge in [0, 0.05) is 6.42 Å². The van der Waals surface area contributed by atoms with Gasteiger partial charge in [0.25, 0.3) is 0 Å². The normalized spacial score (nSPS) is 14.8. The number of hydrogen-bond acceptors (Lipinski definition) is 1. The van der Waals surface area contributed by atoms with Crippen LogP contribution in [-0.2, 0) is 4.79 Å². The average molecular weight is 238 g/mol. The lowest BCUT2D eigenvalue weighted by atomic mass is 9.84. The molecule has 0 aliphatic rings. The van der Waals surface area contributed by atoms with E-state index in [1.807, 2.05) is 0 Å². The maximum absolute atomic E-state index is 11.8. The zero-order valence-corrected chi connectivity index (χ0v) is 12.6. The first-order valence-corrected chi connectivity index (χ1v) is 7.02. The highest BCUT2D eigenvalue weighted by Gasteiger charge is 2.15. The number of rotatable bonds is 7. The molecular formula is C16H30O. The van der Waals surface area contributed by atoms with E-state index in [2.05, 4.69) is 47.6 Å². The molecule has 0 bridgehead atoms. The summed E-state index contributed by atoms with van der Waals surface area (Å²) in [6.45, 7) is 13.2. The minimum atomic E-state index is 0.345. The summed E-state index contributed by atoms with van der Waals surface area (Å²) >= 11 is 0. The molecule has 1 nitrogen and oxygen atoms in total. The van der Waals surface area contributed by atoms with E-state index in [1.165, 1.54) is 6.42 Å². The molecule has 1 unspecified atom stereocenters. The fraction of sp³-hybridized carbons (Fsp3) is 0.812. The minimum Gasteiger partial charge on any atom is -0.295 e. The summed E-state index contributed by atoms with van der Waals surface area (Å²) in [6, 6.07) is 0. The van der Waals surface area contributed by atoms with Crippen LogP contribution in [0.15, 0.2) is 11.6 Å². The number of hydrogen-bond donors (Lipinski definition) is 0. The SMILES string of the molecule is CCCC(=O)C(=CCC(C)CC(C)(C)C)CC. The Morgan fingerprint density at radius 3 is 2.24 bits per heavy atom. The number of carbonyl (C=O) groups is 1. The van der Waals surface area contributed by atoms with Gasteiger partial charge in [-0.25, -0.2) is 0 Å². The van der Waals surface area contributed by atoms with Crippen LogP contribution in [0.3, 0.4) is 0 Å². The van der Waals surface area contributed by atoms with Crippen LogP contribution in [0.1, 0.15) is 73.6 Å². The highest BCUT2D eigenvalue weighted by molar-refractivity contribution is 5.95. The van der Waals surface area contributed by atoms with Gasteiger partial charge in [0.15, 0.2) is 5.78 Å². The predicted molar refractivity (Wildman–Crippen MR) is 76.1 cm³/mol. The molecule has 0 rings (SSSR count). The maximum Gasteiger partial charge on any atom is 0.158 e. The van der Waals surface area contributed by atoms with E-state index in [9.17, 15) is 4.79 Å². The van der Waals surface area contributed by atoms with E-state index in [-0.39, 0.29) is 0 Å². The molecule has 0 spiro atoms. The van der Waals surface area contributed by atoms with E-state index in [0.29, 0.717) is 23.5 Å². The van der Waals surface area contributed by atoms with Crippen LogP contribution in [0.25, 0.3) is 0 Å². The number of ketones is 1. The van der Waals surface area contributed by atoms with E-state index in [1.54, 1.807) is 0 Å². The van der Waals surface area contributed by atoms with Crippen LogP contribution >= 0.6 is 0 Å². The fourth-order valence-corrected chi connectivity index (χ4v) is 2.32. The van der Waals surface area contributed by atoms with Crippen LogP contribution in [0.4, 0.5) is 0 Å². The van der Waals surface area contributed by atoms with Crippen molar-refractivity contribution in [1.29, 1.82) is 0 Å². The molecule has 1 atom stereocenters. The quantitative estimate of drug-likeness (QED) is 0.560. The van der Waals surface area contributed by atoms with Gasteiger partial charge in [0.1, 0.15) is 0 Å². The van der Waals surface area contributed by atoms with E-state index in [0.717, 1.165) is 24.8 Å². The van der Waals surface area contributed by atoms with Crippen LogP contribution in [0.2, 0.25) is 0 Å². The van der Waals surface area contributed by atoms with E-state index in [4.69, 9.17) is 0 Å². The topological polar surface area (TPSA) is 17.1 Å². The molecule has 0 radical (unpaired) electrons. The third kappa shape index (κ3) is 8.18. The van der Waals surface area contributed by atoms with Gasteiger partial charge >= 0.3 is 0 Å². The van der Waals surface area contributed by atoms with Crippen LogP contribution in [-0.4, -0.2) is 5.78 Å². The molecule has 0 aliphatic carbocycles. The lowest BCUT2D eigenvalue weighted by Crippen LogP contribution is -2.11. The van der Waals surface area contributed by atoms with Crippen molar-refractivity contribution < 1.29 is 4.79 Å². The Kier molecular flexibility index (Phi) is 7.41. The number of carbonyl (C=O) groups excluding carboxylic acids is 1. The Hall–Kier alpha value is -0.590. The molecule has 1 heteroatoms. The Morgan fingerprint density at radius 1 is 1.24 bits per heavy atom. The van der Waals surface area contributed by atoms with Crippen molar-refractivity contribution in [2.75, 3.05) is 0 Å². The van der Waals surface area contributed by atoms with Crippen molar-refractivity contribution in [2.24, 2.45) is 11.3 Å².